The number of pyridine rings is 1. The fourth-order valence-corrected chi connectivity index (χ4v) is 3.18. The molecule has 2 aromatic rings. The molecule has 0 aliphatic carbocycles. The standard InChI is InChI=1S/C17H21N3O3/c1-3-19(11-13-6-5-9-23-13)16-10-12(2)18-17-14(16)7-4-8-15(17)20(21)22/h4,7-8,10,13H,3,5-6,9,11H2,1-2H3. The van der Waals surface area contributed by atoms with Gasteiger partial charge in [-0.1, -0.05) is 12.1 Å². The summed E-state index contributed by atoms with van der Waals surface area (Å²) in [6.45, 7) is 6.41. The Balaban J connectivity index is 2.07. The fourth-order valence-electron chi connectivity index (χ4n) is 3.18. The quantitative estimate of drug-likeness (QED) is 0.624. The van der Waals surface area contributed by atoms with E-state index in [4.69, 9.17) is 4.74 Å². The van der Waals surface area contributed by atoms with Crippen molar-refractivity contribution < 1.29 is 9.66 Å². The number of hydrogen-bond acceptors (Lipinski definition) is 5. The van der Waals surface area contributed by atoms with Gasteiger partial charge in [0.25, 0.3) is 5.69 Å². The van der Waals surface area contributed by atoms with Crippen molar-refractivity contribution >= 4 is 22.3 Å². The van der Waals surface area contributed by atoms with Crippen molar-refractivity contribution in [2.75, 3.05) is 24.6 Å². The number of nitrogens with zero attached hydrogens (tertiary/aromatic N) is 3. The number of ether oxygens (including phenoxy) is 1. The molecule has 0 radical (unpaired) electrons. The maximum absolute atomic E-state index is 11.3. The Bertz CT molecular complexity index is 726. The number of likely N-dealkylation sites (N-methyl/N-ethyl adjacent to an activating group) is 1. The number of non-ortho nitro benzene ring substituents is 1. The monoisotopic (exact) mass is 315 g/mol. The van der Waals surface area contributed by atoms with Crippen molar-refractivity contribution in [2.24, 2.45) is 0 Å². The Morgan fingerprint density at radius 3 is 2.96 bits per heavy atom. The van der Waals surface area contributed by atoms with Crippen molar-refractivity contribution in [3.63, 3.8) is 0 Å². The highest BCUT2D eigenvalue weighted by molar-refractivity contribution is 5.97. The topological polar surface area (TPSA) is 68.5 Å². The van der Waals surface area contributed by atoms with Crippen molar-refractivity contribution in [1.29, 1.82) is 0 Å². The second-order valence-electron chi connectivity index (χ2n) is 5.89. The van der Waals surface area contributed by atoms with Gasteiger partial charge < -0.3 is 9.64 Å². The van der Waals surface area contributed by atoms with Gasteiger partial charge in [-0.3, -0.25) is 10.1 Å². The van der Waals surface area contributed by atoms with Crippen LogP contribution in [0, 0.1) is 17.0 Å². The predicted octanol–water partition coefficient (Wildman–Crippen LogP) is 3.46. The second-order valence-corrected chi connectivity index (χ2v) is 5.89. The van der Waals surface area contributed by atoms with Gasteiger partial charge in [0, 0.05) is 42.5 Å². The van der Waals surface area contributed by atoms with Gasteiger partial charge in [-0.05, 0) is 32.8 Å². The van der Waals surface area contributed by atoms with Crippen molar-refractivity contribution in [3.8, 4) is 0 Å². The molecule has 1 aromatic heterocycles. The number of fused-ring (bicyclic) bond motifs is 1. The summed E-state index contributed by atoms with van der Waals surface area (Å²) in [5, 5.41) is 12.1. The average molecular weight is 315 g/mol. The Labute approximate surface area is 135 Å². The van der Waals surface area contributed by atoms with E-state index in [1.165, 1.54) is 6.07 Å². The first-order valence-corrected chi connectivity index (χ1v) is 8.01. The van der Waals surface area contributed by atoms with Gasteiger partial charge in [-0.15, -0.1) is 0 Å². The van der Waals surface area contributed by atoms with Crippen LogP contribution in [0.2, 0.25) is 0 Å². The zero-order valence-corrected chi connectivity index (χ0v) is 13.5. The van der Waals surface area contributed by atoms with Crippen LogP contribution in [0.25, 0.3) is 10.9 Å². The molecule has 6 heteroatoms. The van der Waals surface area contributed by atoms with Gasteiger partial charge in [0.05, 0.1) is 11.0 Å². The summed E-state index contributed by atoms with van der Waals surface area (Å²) in [6.07, 6.45) is 2.40. The summed E-state index contributed by atoms with van der Waals surface area (Å²) in [5.74, 6) is 0. The number of nitro groups is 1. The molecule has 1 unspecified atom stereocenters. The van der Waals surface area contributed by atoms with Gasteiger partial charge in [0.1, 0.15) is 0 Å². The molecular formula is C17H21N3O3. The van der Waals surface area contributed by atoms with Crippen LogP contribution in [0.5, 0.6) is 0 Å². The molecule has 0 saturated carbocycles. The van der Waals surface area contributed by atoms with Gasteiger partial charge >= 0.3 is 0 Å². The number of hydrogen-bond donors (Lipinski definition) is 0. The highest BCUT2D eigenvalue weighted by atomic mass is 16.6. The molecule has 0 amide bonds. The largest absolute Gasteiger partial charge is 0.376 e. The number of anilines is 1. The molecule has 0 spiro atoms. The molecule has 0 N–H and O–H groups in total. The lowest BCUT2D eigenvalue weighted by molar-refractivity contribution is -0.383. The first-order chi connectivity index (χ1) is 11.1. The Kier molecular flexibility index (Phi) is 4.43. The maximum Gasteiger partial charge on any atom is 0.295 e. The van der Waals surface area contributed by atoms with Crippen LogP contribution in [0.15, 0.2) is 24.3 Å². The number of aromatic nitrogens is 1. The first-order valence-electron chi connectivity index (χ1n) is 8.01. The van der Waals surface area contributed by atoms with E-state index in [-0.39, 0.29) is 16.7 Å². The normalized spacial score (nSPS) is 17.6. The van der Waals surface area contributed by atoms with Crippen LogP contribution in [0.4, 0.5) is 11.4 Å². The second kappa shape index (κ2) is 6.50. The minimum absolute atomic E-state index is 0.0561. The zero-order valence-electron chi connectivity index (χ0n) is 13.5. The fraction of sp³-hybridized carbons (Fsp3) is 0.471. The van der Waals surface area contributed by atoms with Crippen molar-refractivity contribution in [3.05, 3.63) is 40.1 Å². The molecule has 122 valence electrons. The summed E-state index contributed by atoms with van der Waals surface area (Å²) in [4.78, 5) is 17.6. The number of rotatable bonds is 5. The summed E-state index contributed by atoms with van der Waals surface area (Å²) in [5.41, 5.74) is 2.29. The van der Waals surface area contributed by atoms with Crippen LogP contribution in [-0.2, 0) is 4.74 Å². The van der Waals surface area contributed by atoms with E-state index in [1.54, 1.807) is 6.07 Å². The average Bonchev–Trinajstić information content (AvgIpc) is 3.04. The molecule has 1 aliphatic rings. The van der Waals surface area contributed by atoms with Gasteiger partial charge in [0.2, 0.25) is 0 Å². The highest BCUT2D eigenvalue weighted by Crippen LogP contribution is 2.32. The van der Waals surface area contributed by atoms with E-state index in [0.717, 1.165) is 49.3 Å². The molecule has 1 aliphatic heterocycles. The molecular weight excluding hydrogens is 294 g/mol. The zero-order chi connectivity index (χ0) is 16.4. The highest BCUT2D eigenvalue weighted by Gasteiger charge is 2.22. The van der Waals surface area contributed by atoms with Gasteiger partial charge in [-0.25, -0.2) is 4.98 Å². The van der Waals surface area contributed by atoms with Crippen LogP contribution in [-0.4, -0.2) is 35.7 Å². The molecule has 1 atom stereocenters. The first kappa shape index (κ1) is 15.7. The summed E-state index contributed by atoms with van der Waals surface area (Å²) in [6, 6.07) is 7.14. The SMILES string of the molecule is CCN(CC1CCCO1)c1cc(C)nc2c([N+](=O)[O-])cccc12. The third-order valence-electron chi connectivity index (χ3n) is 4.29. The van der Waals surface area contributed by atoms with Crippen LogP contribution >= 0.6 is 0 Å². The molecule has 23 heavy (non-hydrogen) atoms. The number of benzene rings is 1. The van der Waals surface area contributed by atoms with E-state index in [2.05, 4.69) is 16.8 Å². The third kappa shape index (κ3) is 3.12. The summed E-state index contributed by atoms with van der Waals surface area (Å²) >= 11 is 0. The Morgan fingerprint density at radius 2 is 2.30 bits per heavy atom. The van der Waals surface area contributed by atoms with Crippen LogP contribution in [0.3, 0.4) is 0 Å². The van der Waals surface area contributed by atoms with Crippen LogP contribution < -0.4 is 4.90 Å². The summed E-state index contributed by atoms with van der Waals surface area (Å²) < 4.78 is 5.75. The number of para-hydroxylation sites is 1. The number of aryl methyl sites for hydroxylation is 1. The van der Waals surface area contributed by atoms with E-state index >= 15 is 0 Å². The third-order valence-corrected chi connectivity index (χ3v) is 4.29. The number of nitro benzene ring substituents is 1. The molecule has 1 fully saturated rings. The van der Waals surface area contributed by atoms with E-state index in [0.29, 0.717) is 5.52 Å². The molecule has 0 bridgehead atoms. The van der Waals surface area contributed by atoms with Gasteiger partial charge in [-0.2, -0.15) is 0 Å². The minimum Gasteiger partial charge on any atom is -0.376 e. The lowest BCUT2D eigenvalue weighted by atomic mass is 10.1. The van der Waals surface area contributed by atoms with Crippen molar-refractivity contribution in [2.45, 2.75) is 32.8 Å². The smallest absolute Gasteiger partial charge is 0.295 e. The molecule has 1 saturated heterocycles. The van der Waals surface area contributed by atoms with Gasteiger partial charge in [0.15, 0.2) is 5.52 Å². The van der Waals surface area contributed by atoms with Crippen molar-refractivity contribution in [1.82, 2.24) is 4.98 Å². The molecule has 2 heterocycles. The van der Waals surface area contributed by atoms with E-state index in [9.17, 15) is 10.1 Å². The molecule has 1 aromatic carbocycles. The lowest BCUT2D eigenvalue weighted by Crippen LogP contribution is -2.32. The summed E-state index contributed by atoms with van der Waals surface area (Å²) in [7, 11) is 0. The van der Waals surface area contributed by atoms with E-state index in [1.807, 2.05) is 19.1 Å². The Hall–Kier alpha value is -2.21. The van der Waals surface area contributed by atoms with E-state index < -0.39 is 0 Å². The minimum atomic E-state index is -0.366. The predicted molar refractivity (Wildman–Crippen MR) is 90.0 cm³/mol. The lowest BCUT2D eigenvalue weighted by Gasteiger charge is -2.27. The molecule has 6 nitrogen and oxygen atoms in total. The molecule has 3 rings (SSSR count). The van der Waals surface area contributed by atoms with Crippen LogP contribution in [0.1, 0.15) is 25.5 Å². The Morgan fingerprint density at radius 1 is 1.48 bits per heavy atom. The maximum atomic E-state index is 11.3.